The van der Waals surface area contributed by atoms with Gasteiger partial charge in [-0.1, -0.05) is 0 Å². The largest absolute Gasteiger partial charge is 0.350 e. The third-order valence-corrected chi connectivity index (χ3v) is 6.26. The molecule has 0 saturated heterocycles. The van der Waals surface area contributed by atoms with Crippen molar-refractivity contribution in [2.45, 2.75) is 40.2 Å². The second-order valence-corrected chi connectivity index (χ2v) is 8.32. The van der Waals surface area contributed by atoms with Gasteiger partial charge in [-0.2, -0.15) is 4.52 Å². The van der Waals surface area contributed by atoms with E-state index in [0.717, 1.165) is 50.5 Å². The average Bonchev–Trinajstić information content (AvgIpc) is 2.81. The summed E-state index contributed by atoms with van der Waals surface area (Å²) in [7, 11) is 0. The summed E-state index contributed by atoms with van der Waals surface area (Å²) in [5.41, 5.74) is 5.75. The van der Waals surface area contributed by atoms with E-state index in [1.807, 2.05) is 32.3 Å². The number of hydrogen-bond donors (Lipinski definition) is 0. The second-order valence-electron chi connectivity index (χ2n) is 8.32. The average molecular weight is 448 g/mol. The van der Waals surface area contributed by atoms with E-state index in [0.29, 0.717) is 24.5 Å². The molecule has 5 rings (SSSR count). The molecule has 1 aliphatic rings. The van der Waals surface area contributed by atoms with E-state index in [9.17, 15) is 13.6 Å². The number of hydrogen-bond acceptors (Lipinski definition) is 6. The van der Waals surface area contributed by atoms with E-state index in [-0.39, 0.29) is 5.65 Å². The summed E-state index contributed by atoms with van der Waals surface area (Å²) in [6.07, 6.45) is 3.41. The van der Waals surface area contributed by atoms with E-state index in [1.54, 1.807) is 13.1 Å². The van der Waals surface area contributed by atoms with E-state index >= 15 is 0 Å². The molecule has 0 atom stereocenters. The normalized spacial score (nSPS) is 13.6. The lowest BCUT2D eigenvalue weighted by Gasteiger charge is -2.31. The second kappa shape index (κ2) is 7.99. The minimum absolute atomic E-state index is 0.160. The van der Waals surface area contributed by atoms with Crippen molar-refractivity contribution in [1.82, 2.24) is 24.6 Å². The molecule has 4 aromatic rings. The van der Waals surface area contributed by atoms with E-state index < -0.39 is 17.7 Å². The van der Waals surface area contributed by atoms with E-state index in [1.165, 1.54) is 0 Å². The molecule has 168 valence electrons. The molecule has 0 spiro atoms. The predicted molar refractivity (Wildman–Crippen MR) is 121 cm³/mol. The molecule has 0 aliphatic carbocycles. The first-order valence-corrected chi connectivity index (χ1v) is 10.7. The number of aryl methyl sites for hydroxylation is 2. The lowest BCUT2D eigenvalue weighted by molar-refractivity contribution is 0.146. The van der Waals surface area contributed by atoms with Crippen molar-refractivity contribution in [2.24, 2.45) is 0 Å². The first-order valence-electron chi connectivity index (χ1n) is 10.7. The van der Waals surface area contributed by atoms with Gasteiger partial charge in [0.15, 0.2) is 11.5 Å². The molecule has 0 fully saturated rings. The van der Waals surface area contributed by atoms with Crippen LogP contribution < -0.4 is 10.5 Å². The van der Waals surface area contributed by atoms with Crippen LogP contribution in [0, 0.1) is 20.8 Å². The Morgan fingerprint density at radius 2 is 1.91 bits per heavy atom. The number of halogens is 2. The first-order chi connectivity index (χ1) is 15.8. The van der Waals surface area contributed by atoms with Crippen LogP contribution in [-0.4, -0.2) is 31.1 Å². The van der Waals surface area contributed by atoms with Gasteiger partial charge in [-0.25, -0.2) is 13.8 Å². The fraction of sp³-hybridized carbons (Fsp3) is 0.292. The Bertz CT molecular complexity index is 1450. The number of rotatable bonds is 3. The summed E-state index contributed by atoms with van der Waals surface area (Å²) >= 11 is 0. The summed E-state index contributed by atoms with van der Waals surface area (Å²) in [4.78, 5) is 27.5. The van der Waals surface area contributed by atoms with Gasteiger partial charge in [0.1, 0.15) is 5.69 Å². The van der Waals surface area contributed by atoms with Gasteiger partial charge < -0.3 is 4.90 Å². The van der Waals surface area contributed by atoms with Crippen LogP contribution in [0.15, 0.2) is 41.6 Å². The van der Waals surface area contributed by atoms with Crippen molar-refractivity contribution in [1.29, 1.82) is 0 Å². The lowest BCUT2D eigenvalue weighted by Crippen LogP contribution is -2.34. The Morgan fingerprint density at radius 3 is 2.67 bits per heavy atom. The van der Waals surface area contributed by atoms with Gasteiger partial charge in [0.25, 0.3) is 12.0 Å². The van der Waals surface area contributed by atoms with Crippen LogP contribution in [0.5, 0.6) is 0 Å². The molecular weight excluding hydrogens is 426 g/mol. The van der Waals surface area contributed by atoms with Crippen LogP contribution in [0.25, 0.3) is 16.8 Å². The number of fused-ring (bicyclic) bond motifs is 2. The number of anilines is 1. The van der Waals surface area contributed by atoms with Gasteiger partial charge in [0.05, 0.1) is 0 Å². The zero-order chi connectivity index (χ0) is 23.3. The smallest absolute Gasteiger partial charge is 0.280 e. The van der Waals surface area contributed by atoms with Crippen LogP contribution in [0.4, 0.5) is 14.6 Å². The Kier molecular flexibility index (Phi) is 5.11. The van der Waals surface area contributed by atoms with Crippen molar-refractivity contribution in [3.8, 4) is 11.1 Å². The highest BCUT2D eigenvalue weighted by molar-refractivity contribution is 5.67. The fourth-order valence-corrected chi connectivity index (χ4v) is 4.27. The Balaban J connectivity index is 1.56. The SMILES string of the molecule is Cc1ccncc1-c1cnc2c(c1)CN(c1nn3c(=O)cc(C(F)F)nc3c(C)c1C)CC2. The van der Waals surface area contributed by atoms with Gasteiger partial charge in [-0.05, 0) is 44.0 Å². The summed E-state index contributed by atoms with van der Waals surface area (Å²) in [6.45, 7) is 6.95. The molecule has 4 aromatic heterocycles. The molecule has 0 bridgehead atoms. The fourth-order valence-electron chi connectivity index (χ4n) is 4.27. The minimum Gasteiger partial charge on any atom is -0.350 e. The molecule has 0 amide bonds. The molecular formula is C24H22F2N6O. The third kappa shape index (κ3) is 3.63. The molecule has 1 aliphatic heterocycles. The van der Waals surface area contributed by atoms with Crippen molar-refractivity contribution in [3.63, 3.8) is 0 Å². The maximum absolute atomic E-state index is 13.1. The maximum atomic E-state index is 13.1. The van der Waals surface area contributed by atoms with Crippen LogP contribution in [0.1, 0.15) is 40.1 Å². The molecule has 0 radical (unpaired) electrons. The van der Waals surface area contributed by atoms with Crippen molar-refractivity contribution in [3.05, 3.63) is 80.8 Å². The minimum atomic E-state index is -2.81. The third-order valence-electron chi connectivity index (χ3n) is 6.26. The topological polar surface area (TPSA) is 76.3 Å². The summed E-state index contributed by atoms with van der Waals surface area (Å²) in [5.74, 6) is 0.641. The Hall–Kier alpha value is -3.75. The van der Waals surface area contributed by atoms with Crippen molar-refractivity contribution < 1.29 is 8.78 Å². The maximum Gasteiger partial charge on any atom is 0.280 e. The zero-order valence-electron chi connectivity index (χ0n) is 18.5. The molecule has 0 aromatic carbocycles. The number of alkyl halides is 2. The number of nitrogens with zero attached hydrogens (tertiary/aromatic N) is 6. The number of aromatic nitrogens is 5. The summed E-state index contributed by atoms with van der Waals surface area (Å²) in [6, 6.07) is 4.95. The lowest BCUT2D eigenvalue weighted by atomic mass is 9.98. The molecule has 0 saturated carbocycles. The van der Waals surface area contributed by atoms with Gasteiger partial charge in [-0.15, -0.1) is 5.10 Å². The Labute approximate surface area is 188 Å². The quantitative estimate of drug-likeness (QED) is 0.472. The van der Waals surface area contributed by atoms with Crippen molar-refractivity contribution >= 4 is 11.5 Å². The van der Waals surface area contributed by atoms with E-state index in [4.69, 9.17) is 0 Å². The highest BCUT2D eigenvalue weighted by atomic mass is 19.3. The first kappa shape index (κ1) is 21.1. The van der Waals surface area contributed by atoms with Gasteiger partial charge in [0.2, 0.25) is 0 Å². The number of pyridine rings is 2. The summed E-state index contributed by atoms with van der Waals surface area (Å²) < 4.78 is 27.4. The standard InChI is InChI=1S/C24H22F2N6O/c1-13-4-6-27-11-18(13)16-8-17-12-31(7-5-19(17)28-10-16)24-15(3)14(2)23-29-20(22(25)26)9-21(33)32(23)30-24/h4,6,8-11,22H,5,7,12H2,1-3H3. The van der Waals surface area contributed by atoms with Gasteiger partial charge in [-0.3, -0.25) is 14.8 Å². The monoisotopic (exact) mass is 448 g/mol. The molecule has 33 heavy (non-hydrogen) atoms. The molecule has 9 heteroatoms. The van der Waals surface area contributed by atoms with Crippen molar-refractivity contribution in [2.75, 3.05) is 11.4 Å². The van der Waals surface area contributed by atoms with Crippen LogP contribution >= 0.6 is 0 Å². The van der Waals surface area contributed by atoms with Crippen LogP contribution in [0.2, 0.25) is 0 Å². The van der Waals surface area contributed by atoms with Gasteiger partial charge in [0, 0.05) is 72.1 Å². The van der Waals surface area contributed by atoms with Gasteiger partial charge >= 0.3 is 0 Å². The van der Waals surface area contributed by atoms with Crippen LogP contribution in [0.3, 0.4) is 0 Å². The molecule has 7 nitrogen and oxygen atoms in total. The predicted octanol–water partition coefficient (Wildman–Crippen LogP) is 3.97. The van der Waals surface area contributed by atoms with E-state index in [2.05, 4.69) is 31.0 Å². The highest BCUT2D eigenvalue weighted by Crippen LogP contribution is 2.30. The molecule has 0 unspecified atom stereocenters. The highest BCUT2D eigenvalue weighted by Gasteiger charge is 2.24. The molecule has 0 N–H and O–H groups in total. The molecule has 5 heterocycles. The Morgan fingerprint density at radius 1 is 1.09 bits per heavy atom. The zero-order valence-corrected chi connectivity index (χ0v) is 18.5. The summed E-state index contributed by atoms with van der Waals surface area (Å²) in [5, 5.41) is 4.52. The van der Waals surface area contributed by atoms with Crippen LogP contribution in [-0.2, 0) is 13.0 Å².